The van der Waals surface area contributed by atoms with Gasteiger partial charge in [0.2, 0.25) is 0 Å². The van der Waals surface area contributed by atoms with Gasteiger partial charge in [-0.15, -0.1) is 0 Å². The summed E-state index contributed by atoms with van der Waals surface area (Å²) in [5, 5.41) is 13.4. The van der Waals surface area contributed by atoms with Crippen LogP contribution in [0.5, 0.6) is 0 Å². The van der Waals surface area contributed by atoms with Crippen LogP contribution in [0.2, 0.25) is 10.2 Å². The van der Waals surface area contributed by atoms with Gasteiger partial charge in [0.1, 0.15) is 16.0 Å². The second kappa shape index (κ2) is 10.5. The van der Waals surface area contributed by atoms with E-state index in [9.17, 15) is 13.2 Å². The van der Waals surface area contributed by atoms with E-state index in [1.807, 2.05) is 30.7 Å². The Labute approximate surface area is 233 Å². The molecule has 39 heavy (non-hydrogen) atoms. The summed E-state index contributed by atoms with van der Waals surface area (Å²) in [6.07, 6.45) is 5.84. The number of rotatable bonds is 3. The number of fused-ring (bicyclic) bond motifs is 2. The minimum atomic E-state index is -5.08. The highest BCUT2D eigenvalue weighted by Gasteiger charge is 2.47. The number of pyridine rings is 1. The molecule has 0 bridgehead atoms. The third kappa shape index (κ3) is 5.38. The van der Waals surface area contributed by atoms with E-state index in [2.05, 4.69) is 29.6 Å². The molecule has 0 radical (unpaired) electrons. The molecule has 2 aliphatic rings. The van der Waals surface area contributed by atoms with Gasteiger partial charge in [0.15, 0.2) is 5.65 Å². The molecule has 16 heteroatoms. The van der Waals surface area contributed by atoms with Gasteiger partial charge < -0.3 is 15.7 Å². The molecule has 0 aliphatic carbocycles. The molecule has 1 fully saturated rings. The first-order valence-corrected chi connectivity index (χ1v) is 13.2. The minimum absolute atomic E-state index is 0.0454. The number of nitrogens with zero attached hydrogens (tertiary/aromatic N) is 7. The topological polar surface area (TPSA) is 127 Å². The van der Waals surface area contributed by atoms with Crippen molar-refractivity contribution in [3.63, 3.8) is 0 Å². The van der Waals surface area contributed by atoms with Crippen molar-refractivity contribution >= 4 is 52.4 Å². The Hall–Kier alpha value is -3.07. The van der Waals surface area contributed by atoms with E-state index in [0.29, 0.717) is 15.8 Å². The second-order valence-electron chi connectivity index (χ2n) is 9.13. The van der Waals surface area contributed by atoms with Crippen LogP contribution in [0.1, 0.15) is 24.6 Å². The number of carboxylic acid groups (broad SMARTS) is 1. The molecular weight excluding hydrogens is 580 g/mol. The molecule has 0 amide bonds. The summed E-state index contributed by atoms with van der Waals surface area (Å²) >= 11 is 14.1. The lowest BCUT2D eigenvalue weighted by atomic mass is 9.73. The SMILES string of the molecule is N[C@@H]1c2ccnn2CC12CCN(c1cnc(Sc3ccn4c(Cl)cnc4c3Cl)cn1)CC2.O=C(O)C(F)(F)F. The number of hydrogen-bond acceptors (Lipinski definition) is 8. The largest absolute Gasteiger partial charge is 0.490 e. The van der Waals surface area contributed by atoms with E-state index >= 15 is 0 Å². The van der Waals surface area contributed by atoms with Gasteiger partial charge in [-0.25, -0.2) is 19.7 Å². The number of piperidine rings is 1. The average Bonchev–Trinajstić information content (AvgIpc) is 3.58. The monoisotopic (exact) mass is 600 g/mol. The van der Waals surface area contributed by atoms with Gasteiger partial charge >= 0.3 is 12.1 Å². The van der Waals surface area contributed by atoms with Crippen LogP contribution >= 0.6 is 35.0 Å². The molecule has 206 valence electrons. The third-order valence-corrected chi connectivity index (χ3v) is 8.63. The summed E-state index contributed by atoms with van der Waals surface area (Å²) in [4.78, 5) is 25.6. The lowest BCUT2D eigenvalue weighted by Crippen LogP contribution is -2.45. The molecule has 2 aliphatic heterocycles. The fourth-order valence-corrected chi connectivity index (χ4v) is 6.04. The van der Waals surface area contributed by atoms with Gasteiger partial charge in [-0.05, 0) is 25.0 Å². The number of anilines is 1. The van der Waals surface area contributed by atoms with E-state index in [1.165, 1.54) is 11.8 Å². The van der Waals surface area contributed by atoms with Crippen molar-refractivity contribution in [2.45, 2.75) is 41.5 Å². The average molecular weight is 601 g/mol. The molecule has 0 saturated carbocycles. The number of carboxylic acids is 1. The summed E-state index contributed by atoms with van der Waals surface area (Å²) in [5.41, 5.74) is 8.46. The number of carbonyl (C=O) groups is 1. The molecule has 0 unspecified atom stereocenters. The van der Waals surface area contributed by atoms with Gasteiger partial charge in [-0.2, -0.15) is 18.3 Å². The number of aromatic nitrogens is 6. The molecule has 4 aromatic rings. The van der Waals surface area contributed by atoms with Crippen molar-refractivity contribution in [3.05, 3.63) is 59.0 Å². The zero-order chi connectivity index (χ0) is 27.9. The van der Waals surface area contributed by atoms with Gasteiger partial charge in [0, 0.05) is 42.3 Å². The minimum Gasteiger partial charge on any atom is -0.475 e. The molecule has 4 aromatic heterocycles. The van der Waals surface area contributed by atoms with Crippen LogP contribution in [-0.2, 0) is 11.3 Å². The summed E-state index contributed by atoms with van der Waals surface area (Å²) < 4.78 is 35.5. The van der Waals surface area contributed by atoms with Crippen LogP contribution in [0.25, 0.3) is 5.65 Å². The summed E-state index contributed by atoms with van der Waals surface area (Å²) in [7, 11) is 0. The quantitative estimate of drug-likeness (QED) is 0.343. The van der Waals surface area contributed by atoms with E-state index in [0.717, 1.165) is 53.9 Å². The fraction of sp³-hybridized carbons (Fsp3) is 0.348. The Morgan fingerprint density at radius 3 is 2.46 bits per heavy atom. The van der Waals surface area contributed by atoms with Crippen LogP contribution in [0.3, 0.4) is 0 Å². The van der Waals surface area contributed by atoms with Crippen molar-refractivity contribution in [2.75, 3.05) is 18.0 Å². The highest BCUT2D eigenvalue weighted by Crippen LogP contribution is 2.47. The van der Waals surface area contributed by atoms with Crippen molar-refractivity contribution in [1.82, 2.24) is 29.1 Å². The first kappa shape index (κ1) is 27.5. The second-order valence-corrected chi connectivity index (χ2v) is 11.0. The van der Waals surface area contributed by atoms with Crippen LogP contribution < -0.4 is 10.6 Å². The number of imidazole rings is 1. The Balaban J connectivity index is 0.000000392. The van der Waals surface area contributed by atoms with E-state index in [1.54, 1.807) is 16.8 Å². The maximum absolute atomic E-state index is 10.6. The van der Waals surface area contributed by atoms with Gasteiger partial charge in [0.25, 0.3) is 0 Å². The number of hydrogen-bond donors (Lipinski definition) is 2. The molecule has 0 aromatic carbocycles. The Bertz CT molecular complexity index is 1500. The molecule has 6 heterocycles. The molecule has 6 rings (SSSR count). The number of alkyl halides is 3. The van der Waals surface area contributed by atoms with Crippen LogP contribution in [0.4, 0.5) is 19.0 Å². The Kier molecular flexibility index (Phi) is 7.39. The number of aliphatic carboxylic acids is 1. The predicted molar refractivity (Wildman–Crippen MR) is 138 cm³/mol. The third-order valence-electron chi connectivity index (χ3n) is 6.89. The predicted octanol–water partition coefficient (Wildman–Crippen LogP) is 4.71. The van der Waals surface area contributed by atoms with Gasteiger partial charge in [0.05, 0.1) is 35.3 Å². The molecule has 1 atom stereocenters. The maximum Gasteiger partial charge on any atom is 0.490 e. The van der Waals surface area contributed by atoms with Crippen molar-refractivity contribution in [1.29, 1.82) is 0 Å². The highest BCUT2D eigenvalue weighted by atomic mass is 35.5. The van der Waals surface area contributed by atoms with Crippen LogP contribution in [-0.4, -0.2) is 59.5 Å². The smallest absolute Gasteiger partial charge is 0.475 e. The fourth-order valence-electron chi connectivity index (χ4n) is 4.79. The summed E-state index contributed by atoms with van der Waals surface area (Å²) in [5.74, 6) is -1.87. The summed E-state index contributed by atoms with van der Waals surface area (Å²) in [6.45, 7) is 2.71. The molecule has 1 saturated heterocycles. The lowest BCUT2D eigenvalue weighted by molar-refractivity contribution is -0.192. The van der Waals surface area contributed by atoms with Gasteiger partial charge in [-0.1, -0.05) is 35.0 Å². The van der Waals surface area contributed by atoms with E-state index in [4.69, 9.17) is 38.8 Å². The van der Waals surface area contributed by atoms with E-state index in [-0.39, 0.29) is 11.5 Å². The maximum atomic E-state index is 10.6. The van der Waals surface area contributed by atoms with Crippen molar-refractivity contribution < 1.29 is 23.1 Å². The number of halogens is 5. The number of nitrogens with two attached hydrogens (primary N) is 1. The Morgan fingerprint density at radius 2 is 1.85 bits per heavy atom. The van der Waals surface area contributed by atoms with E-state index < -0.39 is 12.1 Å². The standard InChI is InChI=1S/C21H20Cl2N8S.C2HF3O2/c22-15-9-27-20-18(23)14(2-6-30(15)20)32-17-11-25-16(10-26-17)29-7-3-21(4-8-29)12-31-13(19(21)24)1-5-28-31;3-2(4,5)1(6)7/h1-2,5-6,9-11,19H,3-4,7-8,12,24H2;(H,6,7)/t19-;/m1./s1. The Morgan fingerprint density at radius 1 is 1.13 bits per heavy atom. The van der Waals surface area contributed by atoms with Crippen LogP contribution in [0.15, 0.2) is 53.0 Å². The highest BCUT2D eigenvalue weighted by molar-refractivity contribution is 7.99. The normalized spacial score (nSPS) is 18.2. The first-order valence-electron chi connectivity index (χ1n) is 11.6. The van der Waals surface area contributed by atoms with Gasteiger partial charge in [-0.3, -0.25) is 9.08 Å². The lowest BCUT2D eigenvalue weighted by Gasteiger charge is -2.41. The van der Waals surface area contributed by atoms with Crippen molar-refractivity contribution in [2.24, 2.45) is 11.1 Å². The molecule has 10 nitrogen and oxygen atoms in total. The zero-order valence-electron chi connectivity index (χ0n) is 20.0. The summed E-state index contributed by atoms with van der Waals surface area (Å²) in [6, 6.07) is 3.99. The molecule has 3 N–H and O–H groups in total. The van der Waals surface area contributed by atoms with Crippen LogP contribution in [0, 0.1) is 5.41 Å². The molecule has 1 spiro atoms. The zero-order valence-corrected chi connectivity index (χ0v) is 22.3. The molecular formula is C23H21Cl2F3N8O2S. The van der Waals surface area contributed by atoms with Crippen molar-refractivity contribution in [3.8, 4) is 0 Å². The first-order chi connectivity index (χ1) is 18.5.